The van der Waals surface area contributed by atoms with Crippen LogP contribution in [-0.2, 0) is 9.53 Å². The molecule has 1 aromatic carbocycles. The van der Waals surface area contributed by atoms with E-state index < -0.39 is 0 Å². The van der Waals surface area contributed by atoms with Crippen LogP contribution in [0.5, 0.6) is 0 Å². The van der Waals surface area contributed by atoms with Crippen molar-refractivity contribution in [2.45, 2.75) is 12.1 Å². The van der Waals surface area contributed by atoms with Crippen molar-refractivity contribution < 1.29 is 9.53 Å². The molecular weight excluding hydrogens is 202 g/mol. The van der Waals surface area contributed by atoms with Crippen LogP contribution in [0, 0.1) is 0 Å². The van der Waals surface area contributed by atoms with Crippen molar-refractivity contribution in [1.82, 2.24) is 5.32 Å². The molecular formula is C10H10ClNO2. The number of hydrogen-bond donors (Lipinski definition) is 1. The van der Waals surface area contributed by atoms with Gasteiger partial charge >= 0.3 is 5.97 Å². The Morgan fingerprint density at radius 1 is 1.50 bits per heavy atom. The van der Waals surface area contributed by atoms with E-state index in [9.17, 15) is 4.79 Å². The topological polar surface area (TPSA) is 48.2 Å². The first kappa shape index (κ1) is 9.49. The highest BCUT2D eigenvalue weighted by Gasteiger charge is 2.45. The summed E-state index contributed by atoms with van der Waals surface area (Å²) in [5.74, 6) is -0.241. The van der Waals surface area contributed by atoms with E-state index in [-0.39, 0.29) is 18.1 Å². The lowest BCUT2D eigenvalue weighted by Crippen LogP contribution is -2.11. The highest BCUT2D eigenvalue weighted by atomic mass is 35.5. The molecule has 2 atom stereocenters. The molecule has 0 unspecified atom stereocenters. The zero-order chi connectivity index (χ0) is 10.1. The lowest BCUT2D eigenvalue weighted by atomic mass is 10.1. The molecule has 0 aromatic heterocycles. The fraction of sp³-hybridized carbons (Fsp3) is 0.300. The first-order valence-corrected chi connectivity index (χ1v) is 4.70. The second kappa shape index (κ2) is 3.59. The maximum atomic E-state index is 11.1. The molecule has 0 aliphatic carbocycles. The molecule has 1 N–H and O–H groups in total. The van der Waals surface area contributed by atoms with Gasteiger partial charge in [0.25, 0.3) is 0 Å². The van der Waals surface area contributed by atoms with Crippen LogP contribution in [0.15, 0.2) is 24.3 Å². The Hall–Kier alpha value is -1.06. The normalized spacial score (nSPS) is 24.4. The van der Waals surface area contributed by atoms with Crippen molar-refractivity contribution in [1.29, 1.82) is 0 Å². The van der Waals surface area contributed by atoms with E-state index >= 15 is 0 Å². The maximum absolute atomic E-state index is 11.1. The first-order valence-electron chi connectivity index (χ1n) is 4.32. The number of ether oxygens (including phenoxy) is 1. The summed E-state index contributed by atoms with van der Waals surface area (Å²) in [7, 11) is 1.38. The standard InChI is InChI=1S/C10H10ClNO2/c1-14-10(13)9-8(12-9)6-4-2-3-5-7(6)11/h2-5,8-9,12H,1H3/t8-,9+/m1/s1. The van der Waals surface area contributed by atoms with Gasteiger partial charge in [0.2, 0.25) is 0 Å². The van der Waals surface area contributed by atoms with Crippen LogP contribution >= 0.6 is 11.6 Å². The van der Waals surface area contributed by atoms with Crippen LogP contribution in [0.2, 0.25) is 5.02 Å². The third-order valence-corrected chi connectivity index (χ3v) is 2.62. The van der Waals surface area contributed by atoms with Gasteiger partial charge in [-0.2, -0.15) is 0 Å². The van der Waals surface area contributed by atoms with E-state index in [1.165, 1.54) is 7.11 Å². The van der Waals surface area contributed by atoms with Crippen molar-refractivity contribution >= 4 is 17.6 Å². The largest absolute Gasteiger partial charge is 0.468 e. The molecule has 4 heteroatoms. The monoisotopic (exact) mass is 211 g/mol. The third kappa shape index (κ3) is 1.61. The smallest absolute Gasteiger partial charge is 0.324 e. The predicted molar refractivity (Wildman–Crippen MR) is 53.1 cm³/mol. The van der Waals surface area contributed by atoms with E-state index in [4.69, 9.17) is 11.6 Å². The Bertz CT molecular complexity index is 367. The number of rotatable bonds is 2. The Kier molecular flexibility index (Phi) is 2.44. The van der Waals surface area contributed by atoms with Gasteiger partial charge in [-0.3, -0.25) is 10.1 Å². The van der Waals surface area contributed by atoms with Gasteiger partial charge < -0.3 is 4.74 Å². The summed E-state index contributed by atoms with van der Waals surface area (Å²) in [4.78, 5) is 11.1. The number of esters is 1. The van der Waals surface area contributed by atoms with Crippen molar-refractivity contribution in [3.63, 3.8) is 0 Å². The average Bonchev–Trinajstić information content (AvgIpc) is 2.97. The summed E-state index contributed by atoms with van der Waals surface area (Å²) in [6, 6.07) is 7.25. The van der Waals surface area contributed by atoms with Crippen LogP contribution in [0.3, 0.4) is 0 Å². The number of nitrogens with one attached hydrogen (secondary N) is 1. The molecule has 1 aliphatic rings. The molecule has 0 spiro atoms. The molecule has 74 valence electrons. The lowest BCUT2D eigenvalue weighted by molar-refractivity contribution is -0.140. The quantitative estimate of drug-likeness (QED) is 0.596. The van der Waals surface area contributed by atoms with E-state index in [2.05, 4.69) is 10.1 Å². The number of methoxy groups -OCH3 is 1. The summed E-state index contributed by atoms with van der Waals surface area (Å²) < 4.78 is 4.62. The molecule has 0 saturated carbocycles. The van der Waals surface area contributed by atoms with Gasteiger partial charge in [0.15, 0.2) is 0 Å². The molecule has 1 aromatic rings. The highest BCUT2D eigenvalue weighted by Crippen LogP contribution is 2.34. The Morgan fingerprint density at radius 3 is 2.86 bits per heavy atom. The van der Waals surface area contributed by atoms with Crippen molar-refractivity contribution in [3.8, 4) is 0 Å². The second-order valence-electron chi connectivity index (χ2n) is 3.17. The van der Waals surface area contributed by atoms with Gasteiger partial charge in [-0.1, -0.05) is 29.8 Å². The first-order chi connectivity index (χ1) is 6.74. The Morgan fingerprint density at radius 2 is 2.21 bits per heavy atom. The minimum Gasteiger partial charge on any atom is -0.468 e. The van der Waals surface area contributed by atoms with Crippen LogP contribution < -0.4 is 5.32 Å². The molecule has 1 saturated heterocycles. The molecule has 1 fully saturated rings. The van der Waals surface area contributed by atoms with E-state index in [1.807, 2.05) is 24.3 Å². The Balaban J connectivity index is 2.13. The summed E-state index contributed by atoms with van der Waals surface area (Å²) in [5, 5.41) is 3.69. The van der Waals surface area contributed by atoms with Gasteiger partial charge in [-0.15, -0.1) is 0 Å². The second-order valence-corrected chi connectivity index (χ2v) is 3.57. The van der Waals surface area contributed by atoms with Crippen molar-refractivity contribution in [2.24, 2.45) is 0 Å². The lowest BCUT2D eigenvalue weighted by Gasteiger charge is -1.99. The third-order valence-electron chi connectivity index (χ3n) is 2.28. The molecule has 0 bridgehead atoms. The van der Waals surface area contributed by atoms with Crippen LogP contribution in [-0.4, -0.2) is 19.1 Å². The summed E-state index contributed by atoms with van der Waals surface area (Å²) in [5.41, 5.74) is 0.949. The summed E-state index contributed by atoms with van der Waals surface area (Å²) in [6.07, 6.45) is 0. The van der Waals surface area contributed by atoms with Gasteiger partial charge in [-0.25, -0.2) is 0 Å². The zero-order valence-electron chi connectivity index (χ0n) is 7.66. The molecule has 2 rings (SSSR count). The molecule has 1 aliphatic heterocycles. The van der Waals surface area contributed by atoms with E-state index in [0.29, 0.717) is 5.02 Å². The summed E-state index contributed by atoms with van der Waals surface area (Å²) in [6.45, 7) is 0. The van der Waals surface area contributed by atoms with Gasteiger partial charge in [0, 0.05) is 5.02 Å². The van der Waals surface area contributed by atoms with E-state index in [0.717, 1.165) is 5.56 Å². The van der Waals surface area contributed by atoms with Gasteiger partial charge in [0.1, 0.15) is 6.04 Å². The predicted octanol–water partition coefficient (Wildman–Crippen LogP) is 1.53. The zero-order valence-corrected chi connectivity index (χ0v) is 8.41. The number of benzene rings is 1. The number of halogens is 1. The van der Waals surface area contributed by atoms with Gasteiger partial charge in [-0.05, 0) is 11.6 Å². The number of hydrogen-bond acceptors (Lipinski definition) is 3. The van der Waals surface area contributed by atoms with Crippen molar-refractivity contribution in [2.75, 3.05) is 7.11 Å². The number of carbonyl (C=O) groups excluding carboxylic acids is 1. The fourth-order valence-electron chi connectivity index (χ4n) is 1.47. The van der Waals surface area contributed by atoms with Crippen LogP contribution in [0.4, 0.5) is 0 Å². The highest BCUT2D eigenvalue weighted by molar-refractivity contribution is 6.31. The molecule has 0 radical (unpaired) electrons. The maximum Gasteiger partial charge on any atom is 0.324 e. The van der Waals surface area contributed by atoms with Crippen LogP contribution in [0.25, 0.3) is 0 Å². The fourth-order valence-corrected chi connectivity index (χ4v) is 1.72. The van der Waals surface area contributed by atoms with Crippen molar-refractivity contribution in [3.05, 3.63) is 34.9 Å². The average molecular weight is 212 g/mol. The molecule has 14 heavy (non-hydrogen) atoms. The SMILES string of the molecule is COC(=O)[C@H]1N[C@@H]1c1ccccc1Cl. The van der Waals surface area contributed by atoms with E-state index in [1.54, 1.807) is 0 Å². The minimum atomic E-state index is -0.241. The molecule has 1 heterocycles. The van der Waals surface area contributed by atoms with Crippen LogP contribution in [0.1, 0.15) is 11.6 Å². The minimum absolute atomic E-state index is 0.0103. The molecule has 3 nitrogen and oxygen atoms in total. The number of carbonyl (C=O) groups is 1. The van der Waals surface area contributed by atoms with Gasteiger partial charge in [0.05, 0.1) is 13.2 Å². The summed E-state index contributed by atoms with van der Waals surface area (Å²) >= 11 is 5.98. The molecule has 0 amide bonds. The Labute approximate surface area is 87.0 Å².